The molecule has 2 aromatic heterocycles. The average molecular weight is 342 g/mol. The van der Waals surface area contributed by atoms with E-state index in [0.29, 0.717) is 24.6 Å². The number of amides is 1. The topological polar surface area (TPSA) is 92.3 Å². The SMILES string of the molecule is O=C(NCCN1CCOCC1)c1cnc(NCc2cccnc2)cn1. The van der Waals surface area contributed by atoms with Crippen molar-refractivity contribution in [1.82, 2.24) is 25.2 Å². The molecule has 0 radical (unpaired) electrons. The van der Waals surface area contributed by atoms with Crippen LogP contribution in [0.25, 0.3) is 0 Å². The molecule has 0 spiro atoms. The van der Waals surface area contributed by atoms with Gasteiger partial charge in [-0.2, -0.15) is 0 Å². The van der Waals surface area contributed by atoms with Gasteiger partial charge in [0.2, 0.25) is 0 Å². The van der Waals surface area contributed by atoms with E-state index in [2.05, 4.69) is 30.5 Å². The molecule has 8 nitrogen and oxygen atoms in total. The first kappa shape index (κ1) is 17.2. The molecular weight excluding hydrogens is 320 g/mol. The third-order valence-corrected chi connectivity index (χ3v) is 3.90. The summed E-state index contributed by atoms with van der Waals surface area (Å²) in [6, 6.07) is 3.86. The first-order valence-corrected chi connectivity index (χ1v) is 8.34. The first-order valence-electron chi connectivity index (χ1n) is 8.34. The van der Waals surface area contributed by atoms with Gasteiger partial charge >= 0.3 is 0 Å². The Hall–Kier alpha value is -2.58. The molecule has 1 fully saturated rings. The lowest BCUT2D eigenvalue weighted by Crippen LogP contribution is -2.41. The number of morpholine rings is 1. The van der Waals surface area contributed by atoms with Gasteiger partial charge in [0.05, 0.1) is 25.6 Å². The fourth-order valence-corrected chi connectivity index (χ4v) is 2.47. The van der Waals surface area contributed by atoms with Crippen molar-refractivity contribution in [3.8, 4) is 0 Å². The molecule has 1 saturated heterocycles. The number of pyridine rings is 1. The molecule has 25 heavy (non-hydrogen) atoms. The van der Waals surface area contributed by atoms with E-state index in [1.807, 2.05) is 12.1 Å². The maximum absolute atomic E-state index is 12.1. The third kappa shape index (κ3) is 5.47. The zero-order valence-corrected chi connectivity index (χ0v) is 14.0. The summed E-state index contributed by atoms with van der Waals surface area (Å²) in [5.41, 5.74) is 1.36. The lowest BCUT2D eigenvalue weighted by Gasteiger charge is -2.26. The number of hydrogen-bond donors (Lipinski definition) is 2. The highest BCUT2D eigenvalue weighted by Gasteiger charge is 2.11. The van der Waals surface area contributed by atoms with Crippen LogP contribution in [0.2, 0.25) is 0 Å². The fourth-order valence-electron chi connectivity index (χ4n) is 2.47. The molecular formula is C17H22N6O2. The third-order valence-electron chi connectivity index (χ3n) is 3.90. The van der Waals surface area contributed by atoms with E-state index in [4.69, 9.17) is 4.74 Å². The van der Waals surface area contributed by atoms with Crippen molar-refractivity contribution < 1.29 is 9.53 Å². The summed E-state index contributed by atoms with van der Waals surface area (Å²) in [6.07, 6.45) is 6.56. The minimum Gasteiger partial charge on any atom is -0.379 e. The van der Waals surface area contributed by atoms with Crippen molar-refractivity contribution in [2.75, 3.05) is 44.7 Å². The highest BCUT2D eigenvalue weighted by atomic mass is 16.5. The predicted molar refractivity (Wildman–Crippen MR) is 93.2 cm³/mol. The molecule has 0 bridgehead atoms. The van der Waals surface area contributed by atoms with Crippen molar-refractivity contribution in [2.45, 2.75) is 6.54 Å². The van der Waals surface area contributed by atoms with Gasteiger partial charge in [-0.15, -0.1) is 0 Å². The minimum absolute atomic E-state index is 0.209. The second-order valence-electron chi connectivity index (χ2n) is 5.71. The quantitative estimate of drug-likeness (QED) is 0.759. The van der Waals surface area contributed by atoms with Crippen molar-refractivity contribution in [1.29, 1.82) is 0 Å². The number of anilines is 1. The maximum Gasteiger partial charge on any atom is 0.271 e. The minimum atomic E-state index is -0.209. The van der Waals surface area contributed by atoms with Crippen molar-refractivity contribution >= 4 is 11.7 Å². The Bertz CT molecular complexity index is 659. The van der Waals surface area contributed by atoms with E-state index in [9.17, 15) is 4.79 Å². The number of rotatable bonds is 7. The van der Waals surface area contributed by atoms with Crippen molar-refractivity contribution in [3.05, 3.63) is 48.2 Å². The van der Waals surface area contributed by atoms with Gasteiger partial charge in [0.15, 0.2) is 0 Å². The molecule has 0 aliphatic carbocycles. The molecule has 3 heterocycles. The van der Waals surface area contributed by atoms with Crippen LogP contribution >= 0.6 is 0 Å². The number of ether oxygens (including phenoxy) is 1. The van der Waals surface area contributed by atoms with Gasteiger partial charge in [-0.3, -0.25) is 14.7 Å². The molecule has 1 aliphatic heterocycles. The number of hydrogen-bond acceptors (Lipinski definition) is 7. The van der Waals surface area contributed by atoms with Crippen LogP contribution in [0.1, 0.15) is 16.1 Å². The van der Waals surface area contributed by atoms with E-state index in [1.54, 1.807) is 18.6 Å². The molecule has 8 heteroatoms. The van der Waals surface area contributed by atoms with Crippen LogP contribution in [0.3, 0.4) is 0 Å². The van der Waals surface area contributed by atoms with Crippen LogP contribution in [-0.4, -0.2) is 65.2 Å². The lowest BCUT2D eigenvalue weighted by molar-refractivity contribution is 0.0383. The summed E-state index contributed by atoms with van der Waals surface area (Å²) in [6.45, 7) is 5.34. The van der Waals surface area contributed by atoms with Gasteiger partial charge in [0.25, 0.3) is 5.91 Å². The molecule has 0 atom stereocenters. The summed E-state index contributed by atoms with van der Waals surface area (Å²) in [4.78, 5) is 26.8. The lowest BCUT2D eigenvalue weighted by atomic mass is 10.3. The van der Waals surface area contributed by atoms with Crippen molar-refractivity contribution in [2.24, 2.45) is 0 Å². The van der Waals surface area contributed by atoms with E-state index in [-0.39, 0.29) is 5.91 Å². The maximum atomic E-state index is 12.1. The summed E-state index contributed by atoms with van der Waals surface area (Å²) in [5.74, 6) is 0.410. The van der Waals surface area contributed by atoms with E-state index in [0.717, 1.165) is 38.4 Å². The van der Waals surface area contributed by atoms with E-state index >= 15 is 0 Å². The molecule has 132 valence electrons. The molecule has 0 saturated carbocycles. The molecule has 0 unspecified atom stereocenters. The molecule has 1 amide bonds. The Morgan fingerprint density at radius 1 is 1.20 bits per heavy atom. The number of aromatic nitrogens is 3. The second-order valence-corrected chi connectivity index (χ2v) is 5.71. The Morgan fingerprint density at radius 3 is 2.80 bits per heavy atom. The Labute approximate surface area is 146 Å². The normalized spacial score (nSPS) is 14.9. The first-order chi connectivity index (χ1) is 12.3. The zero-order valence-electron chi connectivity index (χ0n) is 14.0. The van der Waals surface area contributed by atoms with Crippen LogP contribution in [-0.2, 0) is 11.3 Å². The number of nitrogens with one attached hydrogen (secondary N) is 2. The van der Waals surface area contributed by atoms with E-state index < -0.39 is 0 Å². The van der Waals surface area contributed by atoms with Crippen LogP contribution in [0.15, 0.2) is 36.9 Å². The van der Waals surface area contributed by atoms with Crippen LogP contribution in [0, 0.1) is 0 Å². The smallest absolute Gasteiger partial charge is 0.271 e. The molecule has 1 aliphatic rings. The highest BCUT2D eigenvalue weighted by Crippen LogP contribution is 2.04. The van der Waals surface area contributed by atoms with Gasteiger partial charge in [0, 0.05) is 45.1 Å². The van der Waals surface area contributed by atoms with Gasteiger partial charge < -0.3 is 15.4 Å². The summed E-state index contributed by atoms with van der Waals surface area (Å²) < 4.78 is 5.30. The van der Waals surface area contributed by atoms with Gasteiger partial charge in [-0.05, 0) is 11.6 Å². The van der Waals surface area contributed by atoms with Crippen LogP contribution in [0.5, 0.6) is 0 Å². The summed E-state index contributed by atoms with van der Waals surface area (Å²) in [5, 5.41) is 6.02. The van der Waals surface area contributed by atoms with Crippen LogP contribution < -0.4 is 10.6 Å². The largest absolute Gasteiger partial charge is 0.379 e. The molecule has 0 aromatic carbocycles. The molecule has 2 N–H and O–H groups in total. The monoisotopic (exact) mass is 342 g/mol. The van der Waals surface area contributed by atoms with Crippen molar-refractivity contribution in [3.63, 3.8) is 0 Å². The number of carbonyl (C=O) groups excluding carboxylic acids is 1. The summed E-state index contributed by atoms with van der Waals surface area (Å²) in [7, 11) is 0. The zero-order chi connectivity index (χ0) is 17.3. The number of nitrogens with zero attached hydrogens (tertiary/aromatic N) is 4. The van der Waals surface area contributed by atoms with Gasteiger partial charge in [-0.1, -0.05) is 6.07 Å². The highest BCUT2D eigenvalue weighted by molar-refractivity contribution is 5.91. The number of carbonyl (C=O) groups is 1. The Kier molecular flexibility index (Phi) is 6.24. The molecule has 3 rings (SSSR count). The van der Waals surface area contributed by atoms with Gasteiger partial charge in [-0.25, -0.2) is 9.97 Å². The summed E-state index contributed by atoms with van der Waals surface area (Å²) >= 11 is 0. The Balaban J connectivity index is 1.42. The van der Waals surface area contributed by atoms with E-state index in [1.165, 1.54) is 6.20 Å². The molecule has 2 aromatic rings. The Morgan fingerprint density at radius 2 is 2.08 bits per heavy atom. The standard InChI is InChI=1S/C17H22N6O2/c24-17(19-4-5-23-6-8-25-9-7-23)15-12-22-16(13-20-15)21-11-14-2-1-3-18-10-14/h1-3,10,12-13H,4-9,11H2,(H,19,24)(H,21,22). The fraction of sp³-hybridized carbons (Fsp3) is 0.412. The van der Waals surface area contributed by atoms with Gasteiger partial charge in [0.1, 0.15) is 11.5 Å². The van der Waals surface area contributed by atoms with Crippen LogP contribution in [0.4, 0.5) is 5.82 Å². The average Bonchev–Trinajstić information content (AvgIpc) is 2.68. The predicted octanol–water partition coefficient (Wildman–Crippen LogP) is 0.546. The second kappa shape index (κ2) is 9.05.